The van der Waals surface area contributed by atoms with Crippen molar-refractivity contribution in [1.29, 1.82) is 0 Å². The SMILES string of the molecule is CNC(=O)c1ccc(CNC(=O)c2ccc(=O)n(Cc3ccccc3)n2)cc1. The zero-order valence-corrected chi connectivity index (χ0v) is 15.4. The van der Waals surface area contributed by atoms with Crippen LogP contribution in [-0.2, 0) is 13.1 Å². The van der Waals surface area contributed by atoms with Gasteiger partial charge in [0.05, 0.1) is 6.54 Å². The summed E-state index contributed by atoms with van der Waals surface area (Å²) in [5.74, 6) is -0.544. The molecule has 0 aliphatic carbocycles. The van der Waals surface area contributed by atoms with Gasteiger partial charge in [-0.3, -0.25) is 14.4 Å². The molecule has 3 aromatic rings. The van der Waals surface area contributed by atoms with Crippen LogP contribution in [0.3, 0.4) is 0 Å². The van der Waals surface area contributed by atoms with E-state index in [0.29, 0.717) is 12.1 Å². The second kappa shape index (κ2) is 8.77. The summed E-state index contributed by atoms with van der Waals surface area (Å²) in [6, 6.07) is 19.1. The van der Waals surface area contributed by atoms with Crippen LogP contribution in [0, 0.1) is 0 Å². The summed E-state index contributed by atoms with van der Waals surface area (Å²) in [5, 5.41) is 9.49. The smallest absolute Gasteiger partial charge is 0.271 e. The first-order valence-corrected chi connectivity index (χ1v) is 8.78. The van der Waals surface area contributed by atoms with Gasteiger partial charge in [0, 0.05) is 25.2 Å². The predicted octanol–water partition coefficient (Wildman–Crippen LogP) is 1.58. The number of carbonyl (C=O) groups is 2. The number of amides is 2. The fraction of sp³-hybridized carbons (Fsp3) is 0.143. The first kappa shape index (κ1) is 19.0. The minimum atomic E-state index is -0.378. The second-order valence-electron chi connectivity index (χ2n) is 6.16. The molecule has 0 spiro atoms. The monoisotopic (exact) mass is 376 g/mol. The second-order valence-corrected chi connectivity index (χ2v) is 6.16. The van der Waals surface area contributed by atoms with Crippen molar-refractivity contribution in [3.05, 3.63) is 99.5 Å². The molecule has 1 aromatic heterocycles. The van der Waals surface area contributed by atoms with Gasteiger partial charge in [0.2, 0.25) is 0 Å². The summed E-state index contributed by atoms with van der Waals surface area (Å²) in [5.41, 5.74) is 2.21. The van der Waals surface area contributed by atoms with Crippen LogP contribution in [0.2, 0.25) is 0 Å². The summed E-state index contributed by atoms with van der Waals surface area (Å²) in [6.07, 6.45) is 0. The van der Waals surface area contributed by atoms with Crippen molar-refractivity contribution in [1.82, 2.24) is 20.4 Å². The Kier molecular flexibility index (Phi) is 5.96. The topological polar surface area (TPSA) is 93.1 Å². The number of nitrogens with zero attached hydrogens (tertiary/aromatic N) is 2. The van der Waals surface area contributed by atoms with Crippen LogP contribution in [0.5, 0.6) is 0 Å². The lowest BCUT2D eigenvalue weighted by atomic mass is 10.1. The van der Waals surface area contributed by atoms with Gasteiger partial charge in [-0.05, 0) is 29.3 Å². The molecule has 0 atom stereocenters. The summed E-state index contributed by atoms with van der Waals surface area (Å²) in [4.78, 5) is 36.0. The number of benzene rings is 2. The highest BCUT2D eigenvalue weighted by molar-refractivity contribution is 5.94. The predicted molar refractivity (Wildman–Crippen MR) is 105 cm³/mol. The Bertz CT molecular complexity index is 1030. The van der Waals surface area contributed by atoms with Crippen LogP contribution in [0.15, 0.2) is 71.5 Å². The van der Waals surface area contributed by atoms with E-state index in [9.17, 15) is 14.4 Å². The molecule has 3 rings (SSSR count). The molecule has 0 aliphatic rings. The zero-order valence-electron chi connectivity index (χ0n) is 15.4. The van der Waals surface area contributed by atoms with Gasteiger partial charge in [0.25, 0.3) is 17.4 Å². The fourth-order valence-corrected chi connectivity index (χ4v) is 2.63. The van der Waals surface area contributed by atoms with E-state index in [0.717, 1.165) is 11.1 Å². The van der Waals surface area contributed by atoms with E-state index in [1.54, 1.807) is 31.3 Å². The number of nitrogens with one attached hydrogen (secondary N) is 2. The third kappa shape index (κ3) is 4.70. The van der Waals surface area contributed by atoms with Gasteiger partial charge in [0.15, 0.2) is 0 Å². The lowest BCUT2D eigenvalue weighted by molar-refractivity contribution is 0.0940. The summed E-state index contributed by atoms with van der Waals surface area (Å²) < 4.78 is 1.27. The van der Waals surface area contributed by atoms with Gasteiger partial charge >= 0.3 is 0 Å². The molecule has 2 amide bonds. The molecule has 0 aliphatic heterocycles. The van der Waals surface area contributed by atoms with Crippen molar-refractivity contribution in [3.63, 3.8) is 0 Å². The maximum absolute atomic E-state index is 12.4. The van der Waals surface area contributed by atoms with Crippen molar-refractivity contribution < 1.29 is 9.59 Å². The maximum atomic E-state index is 12.4. The van der Waals surface area contributed by atoms with E-state index in [1.807, 2.05) is 30.3 Å². The van der Waals surface area contributed by atoms with Crippen molar-refractivity contribution in [2.24, 2.45) is 0 Å². The van der Waals surface area contributed by atoms with Gasteiger partial charge in [-0.1, -0.05) is 42.5 Å². The number of aromatic nitrogens is 2. The lowest BCUT2D eigenvalue weighted by Gasteiger charge is -2.08. The quantitative estimate of drug-likeness (QED) is 0.683. The summed E-state index contributed by atoms with van der Waals surface area (Å²) in [7, 11) is 1.57. The van der Waals surface area contributed by atoms with Gasteiger partial charge in [-0.2, -0.15) is 5.10 Å². The molecule has 0 saturated carbocycles. The molecule has 2 N–H and O–H groups in total. The molecule has 0 fully saturated rings. The number of carbonyl (C=O) groups excluding carboxylic acids is 2. The molecule has 142 valence electrons. The molecular weight excluding hydrogens is 356 g/mol. The zero-order chi connectivity index (χ0) is 19.9. The molecule has 0 saturated heterocycles. The maximum Gasteiger partial charge on any atom is 0.271 e. The number of rotatable bonds is 6. The molecule has 1 heterocycles. The van der Waals surface area contributed by atoms with E-state index in [-0.39, 0.29) is 29.6 Å². The van der Waals surface area contributed by atoms with Gasteiger partial charge in [0.1, 0.15) is 5.69 Å². The molecule has 0 radical (unpaired) electrons. The van der Waals surface area contributed by atoms with Crippen molar-refractivity contribution >= 4 is 11.8 Å². The van der Waals surface area contributed by atoms with E-state index in [2.05, 4.69) is 15.7 Å². The first-order chi connectivity index (χ1) is 13.6. The van der Waals surface area contributed by atoms with Gasteiger partial charge in [-0.25, -0.2) is 4.68 Å². The van der Waals surface area contributed by atoms with Crippen LogP contribution < -0.4 is 16.2 Å². The molecule has 0 bridgehead atoms. The Hall–Kier alpha value is -3.74. The van der Waals surface area contributed by atoms with Crippen LogP contribution in [0.4, 0.5) is 0 Å². The number of hydrogen-bond donors (Lipinski definition) is 2. The highest BCUT2D eigenvalue weighted by Crippen LogP contribution is 2.05. The van der Waals surface area contributed by atoms with Crippen LogP contribution in [-0.4, -0.2) is 28.6 Å². The largest absolute Gasteiger partial charge is 0.355 e. The lowest BCUT2D eigenvalue weighted by Crippen LogP contribution is -2.29. The van der Waals surface area contributed by atoms with Crippen molar-refractivity contribution in [2.45, 2.75) is 13.1 Å². The van der Waals surface area contributed by atoms with Gasteiger partial charge in [-0.15, -0.1) is 0 Å². The average Bonchev–Trinajstić information content (AvgIpc) is 2.74. The first-order valence-electron chi connectivity index (χ1n) is 8.78. The third-order valence-corrected chi connectivity index (χ3v) is 4.17. The highest BCUT2D eigenvalue weighted by Gasteiger charge is 2.10. The summed E-state index contributed by atoms with van der Waals surface area (Å²) in [6.45, 7) is 0.577. The van der Waals surface area contributed by atoms with Crippen molar-refractivity contribution in [2.75, 3.05) is 7.05 Å². The Labute approximate surface area is 162 Å². The Morgan fingerprint density at radius 2 is 1.61 bits per heavy atom. The van der Waals surface area contributed by atoms with E-state index in [1.165, 1.54) is 16.8 Å². The minimum Gasteiger partial charge on any atom is -0.355 e. The molecule has 0 unspecified atom stereocenters. The standard InChI is InChI=1S/C21H20N4O3/c1-22-20(27)17-9-7-15(8-10-17)13-23-21(28)18-11-12-19(26)25(24-18)14-16-5-3-2-4-6-16/h2-12H,13-14H2,1H3,(H,22,27)(H,23,28). The highest BCUT2D eigenvalue weighted by atomic mass is 16.2. The average molecular weight is 376 g/mol. The molecule has 7 nitrogen and oxygen atoms in total. The fourth-order valence-electron chi connectivity index (χ4n) is 2.63. The Morgan fingerprint density at radius 3 is 2.29 bits per heavy atom. The summed E-state index contributed by atoms with van der Waals surface area (Å²) >= 11 is 0. The van der Waals surface area contributed by atoms with E-state index >= 15 is 0 Å². The molecule has 2 aromatic carbocycles. The minimum absolute atomic E-state index is 0.164. The van der Waals surface area contributed by atoms with Crippen LogP contribution in [0.25, 0.3) is 0 Å². The molecule has 28 heavy (non-hydrogen) atoms. The molecular formula is C21H20N4O3. The Morgan fingerprint density at radius 1 is 0.893 bits per heavy atom. The third-order valence-electron chi connectivity index (χ3n) is 4.17. The van der Waals surface area contributed by atoms with Crippen LogP contribution in [0.1, 0.15) is 32.0 Å². The normalized spacial score (nSPS) is 10.3. The van der Waals surface area contributed by atoms with Crippen LogP contribution >= 0.6 is 0 Å². The van der Waals surface area contributed by atoms with Gasteiger partial charge < -0.3 is 10.6 Å². The van der Waals surface area contributed by atoms with Crippen molar-refractivity contribution in [3.8, 4) is 0 Å². The number of hydrogen-bond acceptors (Lipinski definition) is 4. The molecule has 7 heteroatoms. The van der Waals surface area contributed by atoms with E-state index < -0.39 is 0 Å². The van der Waals surface area contributed by atoms with E-state index in [4.69, 9.17) is 0 Å². The Balaban J connectivity index is 1.66.